The van der Waals surface area contributed by atoms with Gasteiger partial charge in [-0.05, 0) is 43.2 Å². The molecule has 2 aromatic carbocycles. The van der Waals surface area contributed by atoms with Gasteiger partial charge in [-0.2, -0.15) is 0 Å². The Kier molecular flexibility index (Phi) is 8.95. The highest BCUT2D eigenvalue weighted by molar-refractivity contribution is 5.79. The summed E-state index contributed by atoms with van der Waals surface area (Å²) in [6.07, 6.45) is 0.883. The Morgan fingerprint density at radius 2 is 1.55 bits per heavy atom. The van der Waals surface area contributed by atoms with Crippen LogP contribution in [0.4, 0.5) is 0 Å². The standard InChI is InChI=1S/C22H31N3O4/c1-6-23-22(24-14-13-16-7-10-18(26-2)11-8-16)25-15-17-9-12-19(27-3)21(29-5)20(17)28-4/h7-12H,6,13-15H2,1-5H3,(H2,23,24,25). The zero-order chi connectivity index (χ0) is 21.1. The number of methoxy groups -OCH3 is 4. The first-order chi connectivity index (χ1) is 14.2. The van der Waals surface area contributed by atoms with Gasteiger partial charge in [0.15, 0.2) is 17.5 Å². The van der Waals surface area contributed by atoms with Gasteiger partial charge < -0.3 is 29.6 Å². The van der Waals surface area contributed by atoms with Gasteiger partial charge in [0.05, 0.1) is 35.0 Å². The van der Waals surface area contributed by atoms with E-state index in [0.717, 1.165) is 36.8 Å². The second kappa shape index (κ2) is 11.7. The first-order valence-corrected chi connectivity index (χ1v) is 9.59. The van der Waals surface area contributed by atoms with Gasteiger partial charge in [-0.15, -0.1) is 0 Å². The lowest BCUT2D eigenvalue weighted by Gasteiger charge is -2.16. The van der Waals surface area contributed by atoms with Crippen molar-refractivity contribution in [1.29, 1.82) is 0 Å². The number of guanidine groups is 1. The van der Waals surface area contributed by atoms with Crippen LogP contribution in [-0.4, -0.2) is 47.5 Å². The number of ether oxygens (including phenoxy) is 4. The van der Waals surface area contributed by atoms with E-state index >= 15 is 0 Å². The van der Waals surface area contributed by atoms with Crippen molar-refractivity contribution >= 4 is 5.96 Å². The maximum atomic E-state index is 5.53. The lowest BCUT2D eigenvalue weighted by Crippen LogP contribution is -2.38. The van der Waals surface area contributed by atoms with Gasteiger partial charge in [-0.1, -0.05) is 12.1 Å². The minimum Gasteiger partial charge on any atom is -0.497 e. The molecule has 0 saturated carbocycles. The molecule has 0 amide bonds. The smallest absolute Gasteiger partial charge is 0.203 e. The SMILES string of the molecule is CCNC(=NCc1ccc(OC)c(OC)c1OC)NCCc1ccc(OC)cc1. The fourth-order valence-electron chi connectivity index (χ4n) is 2.91. The summed E-state index contributed by atoms with van der Waals surface area (Å²) < 4.78 is 21.5. The van der Waals surface area contributed by atoms with Crippen molar-refractivity contribution < 1.29 is 18.9 Å². The van der Waals surface area contributed by atoms with Crippen LogP contribution in [-0.2, 0) is 13.0 Å². The molecule has 7 nitrogen and oxygen atoms in total. The van der Waals surface area contributed by atoms with Gasteiger partial charge >= 0.3 is 0 Å². The van der Waals surface area contributed by atoms with E-state index in [4.69, 9.17) is 18.9 Å². The molecule has 0 saturated heterocycles. The van der Waals surface area contributed by atoms with Gasteiger partial charge in [0.25, 0.3) is 0 Å². The van der Waals surface area contributed by atoms with E-state index in [-0.39, 0.29) is 0 Å². The van der Waals surface area contributed by atoms with E-state index in [1.165, 1.54) is 5.56 Å². The average molecular weight is 402 g/mol. The first kappa shape index (κ1) is 22.2. The molecule has 0 atom stereocenters. The number of hydrogen-bond donors (Lipinski definition) is 2. The minimum atomic E-state index is 0.446. The molecule has 2 rings (SSSR count). The van der Waals surface area contributed by atoms with Crippen LogP contribution in [0.1, 0.15) is 18.1 Å². The summed E-state index contributed by atoms with van der Waals surface area (Å²) in [4.78, 5) is 4.68. The second-order valence-electron chi connectivity index (χ2n) is 6.21. The minimum absolute atomic E-state index is 0.446. The normalized spacial score (nSPS) is 11.0. The highest BCUT2D eigenvalue weighted by Gasteiger charge is 2.15. The van der Waals surface area contributed by atoms with E-state index in [0.29, 0.717) is 23.8 Å². The van der Waals surface area contributed by atoms with Crippen LogP contribution in [0.5, 0.6) is 23.0 Å². The van der Waals surface area contributed by atoms with Crippen LogP contribution < -0.4 is 29.6 Å². The Labute approximate surface area is 173 Å². The van der Waals surface area contributed by atoms with Gasteiger partial charge in [0, 0.05) is 18.7 Å². The third-order valence-electron chi connectivity index (χ3n) is 4.40. The molecular formula is C22H31N3O4. The molecule has 2 N–H and O–H groups in total. The van der Waals surface area contributed by atoms with E-state index in [1.54, 1.807) is 28.4 Å². The summed E-state index contributed by atoms with van der Waals surface area (Å²) in [5.74, 6) is 3.43. The molecule has 7 heteroatoms. The number of nitrogens with zero attached hydrogens (tertiary/aromatic N) is 1. The molecule has 29 heavy (non-hydrogen) atoms. The predicted molar refractivity (Wildman–Crippen MR) is 116 cm³/mol. The molecule has 0 spiro atoms. The quantitative estimate of drug-likeness (QED) is 0.471. The highest BCUT2D eigenvalue weighted by Crippen LogP contribution is 2.39. The Balaban J connectivity index is 2.04. The van der Waals surface area contributed by atoms with Crippen molar-refractivity contribution in [2.45, 2.75) is 19.9 Å². The number of aliphatic imine (C=N–C) groups is 1. The summed E-state index contributed by atoms with van der Waals surface area (Å²) in [7, 11) is 6.48. The van der Waals surface area contributed by atoms with Crippen LogP contribution >= 0.6 is 0 Å². The van der Waals surface area contributed by atoms with Gasteiger partial charge in [0.1, 0.15) is 5.75 Å². The van der Waals surface area contributed by atoms with Crippen molar-refractivity contribution in [3.8, 4) is 23.0 Å². The Bertz CT molecular complexity index is 791. The fraction of sp³-hybridized carbons (Fsp3) is 0.409. The fourth-order valence-corrected chi connectivity index (χ4v) is 2.91. The largest absolute Gasteiger partial charge is 0.497 e. The molecule has 0 radical (unpaired) electrons. The van der Waals surface area contributed by atoms with Crippen molar-refractivity contribution in [2.24, 2.45) is 4.99 Å². The van der Waals surface area contributed by atoms with E-state index in [2.05, 4.69) is 27.8 Å². The van der Waals surface area contributed by atoms with Gasteiger partial charge in [-0.3, -0.25) is 0 Å². The number of rotatable bonds is 10. The van der Waals surface area contributed by atoms with Crippen molar-refractivity contribution in [3.63, 3.8) is 0 Å². The highest BCUT2D eigenvalue weighted by atomic mass is 16.5. The summed E-state index contributed by atoms with van der Waals surface area (Å²) in [5, 5.41) is 6.64. The van der Waals surface area contributed by atoms with E-state index < -0.39 is 0 Å². The lowest BCUT2D eigenvalue weighted by molar-refractivity contribution is 0.322. The summed E-state index contributed by atoms with van der Waals surface area (Å²) in [5.41, 5.74) is 2.15. The molecule has 0 heterocycles. The van der Waals surface area contributed by atoms with Crippen molar-refractivity contribution in [3.05, 3.63) is 47.5 Å². The van der Waals surface area contributed by atoms with Crippen LogP contribution in [0.2, 0.25) is 0 Å². The van der Waals surface area contributed by atoms with E-state index in [1.807, 2.05) is 31.2 Å². The van der Waals surface area contributed by atoms with Crippen LogP contribution in [0.3, 0.4) is 0 Å². The van der Waals surface area contributed by atoms with Crippen LogP contribution in [0, 0.1) is 0 Å². The summed E-state index contributed by atoms with van der Waals surface area (Å²) in [6.45, 7) is 4.03. The average Bonchev–Trinajstić information content (AvgIpc) is 2.77. The molecule has 0 bridgehead atoms. The lowest BCUT2D eigenvalue weighted by atomic mass is 10.1. The third kappa shape index (κ3) is 6.20. The molecule has 0 aliphatic rings. The van der Waals surface area contributed by atoms with Gasteiger partial charge in [0.2, 0.25) is 5.75 Å². The Morgan fingerprint density at radius 1 is 0.828 bits per heavy atom. The summed E-state index contributed by atoms with van der Waals surface area (Å²) in [6, 6.07) is 11.9. The molecule has 0 aliphatic heterocycles. The number of hydrogen-bond acceptors (Lipinski definition) is 5. The monoisotopic (exact) mass is 401 g/mol. The molecule has 0 unspecified atom stereocenters. The predicted octanol–water partition coefficient (Wildman–Crippen LogP) is 3.02. The molecule has 0 aliphatic carbocycles. The van der Waals surface area contributed by atoms with Crippen molar-refractivity contribution in [2.75, 3.05) is 41.5 Å². The van der Waals surface area contributed by atoms with Crippen LogP contribution in [0.25, 0.3) is 0 Å². The number of benzene rings is 2. The third-order valence-corrected chi connectivity index (χ3v) is 4.40. The molecule has 158 valence electrons. The van der Waals surface area contributed by atoms with Gasteiger partial charge in [-0.25, -0.2) is 4.99 Å². The first-order valence-electron chi connectivity index (χ1n) is 9.59. The zero-order valence-electron chi connectivity index (χ0n) is 17.9. The van der Waals surface area contributed by atoms with Crippen LogP contribution in [0.15, 0.2) is 41.4 Å². The molecular weight excluding hydrogens is 370 g/mol. The maximum Gasteiger partial charge on any atom is 0.203 e. The number of nitrogens with one attached hydrogen (secondary N) is 2. The molecule has 0 fully saturated rings. The maximum absolute atomic E-state index is 5.53. The second-order valence-corrected chi connectivity index (χ2v) is 6.21. The Morgan fingerprint density at radius 3 is 2.14 bits per heavy atom. The molecule has 2 aromatic rings. The summed E-state index contributed by atoms with van der Waals surface area (Å²) >= 11 is 0. The topological polar surface area (TPSA) is 73.3 Å². The zero-order valence-corrected chi connectivity index (χ0v) is 17.9. The Hall–Kier alpha value is -3.09. The van der Waals surface area contributed by atoms with Crippen molar-refractivity contribution in [1.82, 2.24) is 10.6 Å². The molecule has 0 aromatic heterocycles. The van der Waals surface area contributed by atoms with E-state index in [9.17, 15) is 0 Å².